The van der Waals surface area contributed by atoms with Gasteiger partial charge in [-0.05, 0) is 32.6 Å². The highest BCUT2D eigenvalue weighted by Crippen LogP contribution is 2.18. The Hall–Kier alpha value is -0.860. The van der Waals surface area contributed by atoms with E-state index in [9.17, 15) is 9.59 Å². The van der Waals surface area contributed by atoms with Crippen LogP contribution in [-0.4, -0.2) is 17.9 Å². The Bertz CT molecular complexity index is 231. The number of hydrogen-bond donors (Lipinski definition) is 0. The fraction of sp³-hybridized carbons (Fsp3) is 0.846. The highest BCUT2D eigenvalue weighted by Gasteiger charge is 2.23. The van der Waals surface area contributed by atoms with Gasteiger partial charge in [0.05, 0.1) is 6.42 Å². The van der Waals surface area contributed by atoms with Crippen molar-refractivity contribution in [1.29, 1.82) is 0 Å². The molecule has 0 radical (unpaired) electrons. The maximum Gasteiger partial charge on any atom is 0.307 e. The molecule has 94 valence electrons. The van der Waals surface area contributed by atoms with E-state index in [0.717, 1.165) is 19.1 Å². The van der Waals surface area contributed by atoms with Gasteiger partial charge in [-0.1, -0.05) is 20.8 Å². The third-order valence-corrected chi connectivity index (χ3v) is 2.64. The molecule has 0 aromatic heterocycles. The Morgan fingerprint density at radius 3 is 2.31 bits per heavy atom. The number of esters is 1. The van der Waals surface area contributed by atoms with E-state index in [1.807, 2.05) is 34.6 Å². The van der Waals surface area contributed by atoms with E-state index >= 15 is 0 Å². The molecule has 16 heavy (non-hydrogen) atoms. The second kappa shape index (κ2) is 6.66. The molecule has 0 aliphatic carbocycles. The van der Waals surface area contributed by atoms with Crippen molar-refractivity contribution in [3.8, 4) is 0 Å². The molecule has 0 saturated heterocycles. The van der Waals surface area contributed by atoms with Crippen molar-refractivity contribution >= 4 is 12.3 Å². The second-order valence-corrected chi connectivity index (χ2v) is 5.32. The van der Waals surface area contributed by atoms with E-state index in [-0.39, 0.29) is 18.3 Å². The van der Waals surface area contributed by atoms with Crippen molar-refractivity contribution in [2.24, 2.45) is 11.8 Å². The maximum absolute atomic E-state index is 11.6. The van der Waals surface area contributed by atoms with Crippen molar-refractivity contribution in [3.63, 3.8) is 0 Å². The Morgan fingerprint density at radius 1 is 1.38 bits per heavy atom. The van der Waals surface area contributed by atoms with Crippen molar-refractivity contribution in [1.82, 2.24) is 0 Å². The summed E-state index contributed by atoms with van der Waals surface area (Å²) in [6.45, 7) is 9.81. The molecule has 1 atom stereocenters. The molecule has 0 fully saturated rings. The maximum atomic E-state index is 11.6. The Labute approximate surface area is 98.6 Å². The minimum Gasteiger partial charge on any atom is -0.460 e. The van der Waals surface area contributed by atoms with Gasteiger partial charge in [-0.25, -0.2) is 0 Å². The van der Waals surface area contributed by atoms with Crippen LogP contribution in [0.25, 0.3) is 0 Å². The van der Waals surface area contributed by atoms with E-state index in [2.05, 4.69) is 0 Å². The van der Waals surface area contributed by atoms with E-state index in [4.69, 9.17) is 4.74 Å². The molecule has 0 amide bonds. The van der Waals surface area contributed by atoms with Crippen LogP contribution >= 0.6 is 0 Å². The number of aldehydes is 1. The molecule has 0 rings (SSSR count). The molecule has 0 heterocycles. The highest BCUT2D eigenvalue weighted by atomic mass is 16.6. The predicted octanol–water partition coefficient (Wildman–Crippen LogP) is 2.97. The predicted molar refractivity (Wildman–Crippen MR) is 64.1 cm³/mol. The number of carbonyl (C=O) groups is 2. The number of ether oxygens (including phenoxy) is 1. The van der Waals surface area contributed by atoms with Gasteiger partial charge in [0.1, 0.15) is 11.9 Å². The minimum absolute atomic E-state index is 0.200. The van der Waals surface area contributed by atoms with Gasteiger partial charge in [-0.3, -0.25) is 4.79 Å². The van der Waals surface area contributed by atoms with Crippen molar-refractivity contribution in [3.05, 3.63) is 0 Å². The van der Waals surface area contributed by atoms with Crippen LogP contribution in [0.15, 0.2) is 0 Å². The Kier molecular flexibility index (Phi) is 6.31. The molecule has 0 aliphatic heterocycles. The van der Waals surface area contributed by atoms with Gasteiger partial charge in [0.2, 0.25) is 0 Å². The lowest BCUT2D eigenvalue weighted by molar-refractivity contribution is -0.158. The first-order valence-electron chi connectivity index (χ1n) is 5.98. The zero-order valence-corrected chi connectivity index (χ0v) is 11.1. The van der Waals surface area contributed by atoms with E-state index in [0.29, 0.717) is 5.92 Å². The lowest BCUT2D eigenvalue weighted by Crippen LogP contribution is -2.28. The molecule has 0 spiro atoms. The van der Waals surface area contributed by atoms with Crippen molar-refractivity contribution in [2.75, 3.05) is 0 Å². The van der Waals surface area contributed by atoms with Gasteiger partial charge in [0.25, 0.3) is 0 Å². The zero-order chi connectivity index (χ0) is 12.8. The first-order valence-corrected chi connectivity index (χ1v) is 5.98. The fourth-order valence-electron chi connectivity index (χ4n) is 1.43. The molecule has 3 nitrogen and oxygen atoms in total. The number of carbonyl (C=O) groups excluding carboxylic acids is 2. The number of rotatable bonds is 7. The average molecular weight is 228 g/mol. The van der Waals surface area contributed by atoms with Crippen LogP contribution in [0.3, 0.4) is 0 Å². The standard InChI is InChI=1S/C13H24O3/c1-6-13(4,5)16-12(15)8-11(9-14)7-10(2)3/h9-11H,6-8H2,1-5H3. The van der Waals surface area contributed by atoms with Crippen LogP contribution < -0.4 is 0 Å². The molecule has 0 N–H and O–H groups in total. The summed E-state index contributed by atoms with van der Waals surface area (Å²) in [5.74, 6) is -0.0630. The topological polar surface area (TPSA) is 43.4 Å². The molecule has 0 bridgehead atoms. The van der Waals surface area contributed by atoms with Crippen LogP contribution in [0, 0.1) is 11.8 Å². The van der Waals surface area contributed by atoms with E-state index in [1.165, 1.54) is 0 Å². The summed E-state index contributed by atoms with van der Waals surface area (Å²) in [4.78, 5) is 22.4. The lowest BCUT2D eigenvalue weighted by atomic mass is 9.95. The molecule has 0 saturated carbocycles. The van der Waals surface area contributed by atoms with Gasteiger partial charge in [-0.15, -0.1) is 0 Å². The van der Waals surface area contributed by atoms with Gasteiger partial charge in [-0.2, -0.15) is 0 Å². The molecule has 0 aromatic carbocycles. The molecule has 0 aromatic rings. The molecular formula is C13H24O3. The van der Waals surface area contributed by atoms with Crippen LogP contribution in [0.1, 0.15) is 53.9 Å². The monoisotopic (exact) mass is 228 g/mol. The largest absolute Gasteiger partial charge is 0.460 e. The third-order valence-electron chi connectivity index (χ3n) is 2.64. The van der Waals surface area contributed by atoms with E-state index < -0.39 is 5.60 Å². The third kappa shape index (κ3) is 6.59. The van der Waals surface area contributed by atoms with Crippen molar-refractivity contribution in [2.45, 2.75) is 59.5 Å². The smallest absolute Gasteiger partial charge is 0.307 e. The van der Waals surface area contributed by atoms with Crippen LogP contribution in [0.2, 0.25) is 0 Å². The summed E-state index contributed by atoms with van der Waals surface area (Å²) >= 11 is 0. The van der Waals surface area contributed by atoms with Crippen LogP contribution in [-0.2, 0) is 14.3 Å². The fourth-order valence-corrected chi connectivity index (χ4v) is 1.43. The highest BCUT2D eigenvalue weighted by molar-refractivity contribution is 5.74. The summed E-state index contributed by atoms with van der Waals surface area (Å²) in [6.07, 6.45) is 2.57. The molecular weight excluding hydrogens is 204 g/mol. The normalized spacial score (nSPS) is 13.6. The molecule has 0 aliphatic rings. The minimum atomic E-state index is -0.428. The summed E-state index contributed by atoms with van der Waals surface area (Å²) in [7, 11) is 0. The quantitative estimate of drug-likeness (QED) is 0.497. The Balaban J connectivity index is 4.16. The molecule has 3 heteroatoms. The second-order valence-electron chi connectivity index (χ2n) is 5.32. The lowest BCUT2D eigenvalue weighted by Gasteiger charge is -2.24. The van der Waals surface area contributed by atoms with Gasteiger partial charge in [0.15, 0.2) is 0 Å². The SMILES string of the molecule is CCC(C)(C)OC(=O)CC(C=O)CC(C)C. The summed E-state index contributed by atoms with van der Waals surface area (Å²) < 4.78 is 5.30. The Morgan fingerprint density at radius 2 is 1.94 bits per heavy atom. The first kappa shape index (κ1) is 15.1. The van der Waals surface area contributed by atoms with Crippen molar-refractivity contribution < 1.29 is 14.3 Å². The van der Waals surface area contributed by atoms with Crippen LogP contribution in [0.4, 0.5) is 0 Å². The van der Waals surface area contributed by atoms with Gasteiger partial charge in [0, 0.05) is 5.92 Å². The van der Waals surface area contributed by atoms with Crippen LogP contribution in [0.5, 0.6) is 0 Å². The number of hydrogen-bond acceptors (Lipinski definition) is 3. The van der Waals surface area contributed by atoms with E-state index in [1.54, 1.807) is 0 Å². The average Bonchev–Trinajstić information content (AvgIpc) is 2.15. The summed E-state index contributed by atoms with van der Waals surface area (Å²) in [5.41, 5.74) is -0.428. The summed E-state index contributed by atoms with van der Waals surface area (Å²) in [5, 5.41) is 0. The molecule has 1 unspecified atom stereocenters. The zero-order valence-electron chi connectivity index (χ0n) is 11.1. The van der Waals surface area contributed by atoms with Gasteiger partial charge < -0.3 is 9.53 Å². The van der Waals surface area contributed by atoms with Gasteiger partial charge >= 0.3 is 5.97 Å². The summed E-state index contributed by atoms with van der Waals surface area (Å²) in [6, 6.07) is 0. The first-order chi connectivity index (χ1) is 7.30.